The van der Waals surface area contributed by atoms with Gasteiger partial charge in [0.1, 0.15) is 22.4 Å². The van der Waals surface area contributed by atoms with Gasteiger partial charge in [0.25, 0.3) is 0 Å². The fraction of sp³-hybridized carbons (Fsp3) is 0.545. The van der Waals surface area contributed by atoms with Crippen LogP contribution in [0.25, 0.3) is 11.0 Å². The van der Waals surface area contributed by atoms with Crippen LogP contribution in [0.2, 0.25) is 0 Å². The molecule has 0 fully saturated rings. The third kappa shape index (κ3) is 10.4. The number of hydrogen-bond donors (Lipinski definition) is 0. The molecule has 0 aliphatic carbocycles. The molecule has 246 valence electrons. The van der Waals surface area contributed by atoms with Crippen molar-refractivity contribution >= 4 is 35.3 Å². The molecular weight excluding hydrogens is 580 g/mol. The van der Waals surface area contributed by atoms with E-state index in [2.05, 4.69) is 9.97 Å². The highest BCUT2D eigenvalue weighted by atomic mass is 16.6. The monoisotopic (exact) mass is 626 g/mol. The van der Waals surface area contributed by atoms with E-state index in [4.69, 9.17) is 23.7 Å². The van der Waals surface area contributed by atoms with E-state index in [0.29, 0.717) is 22.5 Å². The molecule has 0 aliphatic heterocycles. The van der Waals surface area contributed by atoms with E-state index >= 15 is 0 Å². The van der Waals surface area contributed by atoms with Crippen molar-refractivity contribution in [2.45, 2.75) is 119 Å². The third-order valence-corrected chi connectivity index (χ3v) is 5.39. The Kier molecular flexibility index (Phi) is 10.2. The average Bonchev–Trinajstić information content (AvgIpc) is 3.19. The molecule has 0 saturated heterocycles. The van der Waals surface area contributed by atoms with Gasteiger partial charge < -0.3 is 23.7 Å². The molecule has 2 amide bonds. The minimum absolute atomic E-state index is 0.0141. The van der Waals surface area contributed by atoms with Gasteiger partial charge in [0, 0.05) is 11.8 Å². The standard InChI is InChI=1S/C33H46N4O8/c1-30(2,3)42-25-23-22(20-41-19-21-16-14-13-15-17-21)18-36(27(38)43-31(4,5)6)24(23)34-26(35-25)37(28(39)44-32(7,8)9)29(40)45-33(10,11)12/h13-18H,19-20H2,1-12H3. The van der Waals surface area contributed by atoms with Crippen LogP contribution in [0.4, 0.5) is 20.3 Å². The predicted molar refractivity (Wildman–Crippen MR) is 169 cm³/mol. The zero-order chi connectivity index (χ0) is 34.0. The molecule has 12 heteroatoms. The summed E-state index contributed by atoms with van der Waals surface area (Å²) in [5, 5.41) is 0.348. The Bertz CT molecular complexity index is 1490. The molecule has 45 heavy (non-hydrogen) atoms. The molecule has 3 aromatic rings. The van der Waals surface area contributed by atoms with Crippen molar-refractivity contribution in [1.29, 1.82) is 0 Å². The third-order valence-electron chi connectivity index (χ3n) is 5.39. The summed E-state index contributed by atoms with van der Waals surface area (Å²) in [6, 6.07) is 9.63. The normalized spacial score (nSPS) is 12.5. The van der Waals surface area contributed by atoms with Crippen LogP contribution in [-0.2, 0) is 32.2 Å². The molecule has 0 aliphatic rings. The highest BCUT2D eigenvalue weighted by Crippen LogP contribution is 2.34. The van der Waals surface area contributed by atoms with Crippen LogP contribution in [-0.4, -0.2) is 55.2 Å². The first-order chi connectivity index (χ1) is 20.5. The molecule has 1 aromatic carbocycles. The summed E-state index contributed by atoms with van der Waals surface area (Å²) in [5.41, 5.74) is -2.03. The van der Waals surface area contributed by atoms with Crippen LogP contribution in [0.3, 0.4) is 0 Å². The fourth-order valence-corrected chi connectivity index (χ4v) is 3.88. The number of hydrogen-bond acceptors (Lipinski definition) is 10. The van der Waals surface area contributed by atoms with E-state index in [-0.39, 0.29) is 18.1 Å². The zero-order valence-electron chi connectivity index (χ0n) is 28.4. The van der Waals surface area contributed by atoms with Gasteiger partial charge in [-0.05, 0) is 88.6 Å². The highest BCUT2D eigenvalue weighted by Gasteiger charge is 2.37. The van der Waals surface area contributed by atoms with Gasteiger partial charge in [0.05, 0.1) is 18.6 Å². The van der Waals surface area contributed by atoms with Gasteiger partial charge in [-0.3, -0.25) is 0 Å². The number of ether oxygens (including phenoxy) is 5. The summed E-state index contributed by atoms with van der Waals surface area (Å²) in [5.74, 6) is -0.398. The van der Waals surface area contributed by atoms with Crippen LogP contribution in [0.1, 0.15) is 94.2 Å². The van der Waals surface area contributed by atoms with E-state index in [9.17, 15) is 14.4 Å². The quantitative estimate of drug-likeness (QED) is 0.250. The number of aromatic nitrogens is 3. The summed E-state index contributed by atoms with van der Waals surface area (Å²) in [4.78, 5) is 50.1. The van der Waals surface area contributed by atoms with Gasteiger partial charge in [0.2, 0.25) is 11.8 Å². The Hall–Kier alpha value is -4.19. The van der Waals surface area contributed by atoms with Crippen LogP contribution in [0, 0.1) is 0 Å². The second kappa shape index (κ2) is 13.0. The predicted octanol–water partition coefficient (Wildman–Crippen LogP) is 7.79. The van der Waals surface area contributed by atoms with Gasteiger partial charge in [-0.25, -0.2) is 19.0 Å². The van der Waals surface area contributed by atoms with Crippen LogP contribution in [0.15, 0.2) is 36.5 Å². The number of anilines is 1. The average molecular weight is 627 g/mol. The summed E-state index contributed by atoms with van der Waals surface area (Å²) in [6.07, 6.45) is -1.35. The Balaban J connectivity index is 2.28. The minimum atomic E-state index is -1.07. The molecule has 0 atom stereocenters. The first-order valence-electron chi connectivity index (χ1n) is 14.7. The molecule has 0 unspecified atom stereocenters. The van der Waals surface area contributed by atoms with Crippen molar-refractivity contribution in [3.05, 3.63) is 47.7 Å². The van der Waals surface area contributed by atoms with Crippen molar-refractivity contribution in [2.24, 2.45) is 0 Å². The molecular formula is C33H46N4O8. The number of benzene rings is 1. The van der Waals surface area contributed by atoms with Gasteiger partial charge in [0.15, 0.2) is 5.65 Å². The highest BCUT2D eigenvalue weighted by molar-refractivity contribution is 6.09. The van der Waals surface area contributed by atoms with Crippen molar-refractivity contribution in [1.82, 2.24) is 14.5 Å². The fourth-order valence-electron chi connectivity index (χ4n) is 3.88. The molecule has 0 bridgehead atoms. The van der Waals surface area contributed by atoms with E-state index in [1.165, 1.54) is 10.8 Å². The Morgan fingerprint density at radius 2 is 1.24 bits per heavy atom. The van der Waals surface area contributed by atoms with E-state index in [0.717, 1.165) is 5.56 Å². The summed E-state index contributed by atoms with van der Waals surface area (Å²) < 4.78 is 30.2. The first-order valence-corrected chi connectivity index (χ1v) is 14.7. The lowest BCUT2D eigenvalue weighted by Crippen LogP contribution is -2.44. The van der Waals surface area contributed by atoms with Crippen LogP contribution >= 0.6 is 0 Å². The second-order valence-electron chi connectivity index (χ2n) is 14.5. The minimum Gasteiger partial charge on any atom is -0.471 e. The number of imide groups is 1. The number of carbonyl (C=O) groups is 3. The molecule has 0 spiro atoms. The van der Waals surface area contributed by atoms with Gasteiger partial charge in [-0.1, -0.05) is 30.3 Å². The summed E-state index contributed by atoms with van der Waals surface area (Å²) in [6.45, 7) is 21.0. The SMILES string of the molecule is CC(C)(C)OC(=O)N(C(=O)OC(C)(C)C)c1nc(OC(C)(C)C)c2c(COCc3ccccc3)cn(C(=O)OC(C)(C)C)c2n1. The molecule has 0 N–H and O–H groups in total. The maximum atomic E-state index is 13.5. The van der Waals surface area contributed by atoms with E-state index < -0.39 is 46.6 Å². The van der Waals surface area contributed by atoms with Crippen molar-refractivity contribution in [2.75, 3.05) is 4.90 Å². The molecule has 0 radical (unpaired) electrons. The van der Waals surface area contributed by atoms with Gasteiger partial charge >= 0.3 is 18.3 Å². The lowest BCUT2D eigenvalue weighted by Gasteiger charge is -2.28. The Labute approximate surface area is 265 Å². The zero-order valence-corrected chi connectivity index (χ0v) is 28.4. The first kappa shape index (κ1) is 35.3. The van der Waals surface area contributed by atoms with Gasteiger partial charge in [-0.2, -0.15) is 9.97 Å². The van der Waals surface area contributed by atoms with E-state index in [1.54, 1.807) is 62.3 Å². The summed E-state index contributed by atoms with van der Waals surface area (Å²) >= 11 is 0. The summed E-state index contributed by atoms with van der Waals surface area (Å²) in [7, 11) is 0. The molecule has 0 saturated carbocycles. The lowest BCUT2D eigenvalue weighted by atomic mass is 10.2. The topological polar surface area (TPSA) is 131 Å². The number of amides is 2. The number of nitrogens with zero attached hydrogens (tertiary/aromatic N) is 4. The number of rotatable bonds is 6. The van der Waals surface area contributed by atoms with Crippen molar-refractivity contribution in [3.8, 4) is 5.88 Å². The number of carbonyl (C=O) groups excluding carboxylic acids is 3. The Morgan fingerprint density at radius 1 is 0.711 bits per heavy atom. The van der Waals surface area contributed by atoms with Crippen molar-refractivity contribution in [3.63, 3.8) is 0 Å². The van der Waals surface area contributed by atoms with Gasteiger partial charge in [-0.15, -0.1) is 4.90 Å². The van der Waals surface area contributed by atoms with Crippen LogP contribution < -0.4 is 9.64 Å². The Morgan fingerprint density at radius 3 is 1.73 bits per heavy atom. The van der Waals surface area contributed by atoms with Crippen molar-refractivity contribution < 1.29 is 38.1 Å². The van der Waals surface area contributed by atoms with Crippen LogP contribution in [0.5, 0.6) is 5.88 Å². The lowest BCUT2D eigenvalue weighted by molar-refractivity contribution is 0.0425. The smallest absolute Gasteiger partial charge is 0.427 e. The number of fused-ring (bicyclic) bond motifs is 1. The molecule has 3 rings (SSSR count). The molecule has 12 nitrogen and oxygen atoms in total. The van der Waals surface area contributed by atoms with E-state index in [1.807, 2.05) is 51.1 Å². The largest absolute Gasteiger partial charge is 0.471 e. The maximum absolute atomic E-state index is 13.5. The molecule has 2 aromatic heterocycles. The second-order valence-corrected chi connectivity index (χ2v) is 14.5. The maximum Gasteiger partial charge on any atom is 0.427 e. The molecule has 2 heterocycles.